The monoisotopic (exact) mass is 200 g/mol. The molecule has 0 aromatic rings. The second-order valence-electron chi connectivity index (χ2n) is 3.95. The van der Waals surface area contributed by atoms with Crippen molar-refractivity contribution in [1.29, 1.82) is 0 Å². The maximum Gasteiger partial charge on any atom is 0.0833 e. The lowest BCUT2D eigenvalue weighted by Gasteiger charge is -2.26. The topological polar surface area (TPSA) is 38.7 Å². The van der Waals surface area contributed by atoms with Crippen LogP contribution in [0.25, 0.3) is 0 Å². The Hall–Kier alpha value is -0.380. The van der Waals surface area contributed by atoms with E-state index in [-0.39, 0.29) is 12.2 Å². The maximum atomic E-state index is 9.37. The fourth-order valence-electron chi connectivity index (χ4n) is 1.44. The SMILES string of the molecule is C=C(C)CCOC[C@@H]1C[C@H](O)CCO1. The Labute approximate surface area is 85.7 Å². The lowest BCUT2D eigenvalue weighted by atomic mass is 10.1. The maximum absolute atomic E-state index is 9.37. The molecule has 0 amide bonds. The fraction of sp³-hybridized carbons (Fsp3) is 0.818. The molecule has 3 nitrogen and oxygen atoms in total. The number of aliphatic hydroxyl groups is 1. The summed E-state index contributed by atoms with van der Waals surface area (Å²) in [6.45, 7) is 7.73. The van der Waals surface area contributed by atoms with Gasteiger partial charge in [-0.05, 0) is 19.8 Å². The van der Waals surface area contributed by atoms with Gasteiger partial charge in [0.05, 0.1) is 25.4 Å². The Morgan fingerprint density at radius 1 is 1.64 bits per heavy atom. The number of hydrogen-bond donors (Lipinski definition) is 1. The Bertz CT molecular complexity index is 179. The second kappa shape index (κ2) is 6.17. The molecule has 82 valence electrons. The van der Waals surface area contributed by atoms with Gasteiger partial charge in [-0.3, -0.25) is 0 Å². The van der Waals surface area contributed by atoms with Crippen LogP contribution in [0.5, 0.6) is 0 Å². The third kappa shape index (κ3) is 4.74. The largest absolute Gasteiger partial charge is 0.393 e. The molecule has 1 fully saturated rings. The molecule has 0 unspecified atom stereocenters. The molecular weight excluding hydrogens is 180 g/mol. The summed E-state index contributed by atoms with van der Waals surface area (Å²) in [5.41, 5.74) is 1.13. The van der Waals surface area contributed by atoms with Gasteiger partial charge in [0, 0.05) is 13.0 Å². The molecule has 0 aromatic heterocycles. The van der Waals surface area contributed by atoms with Gasteiger partial charge in [-0.25, -0.2) is 0 Å². The van der Waals surface area contributed by atoms with Crippen molar-refractivity contribution in [2.75, 3.05) is 19.8 Å². The van der Waals surface area contributed by atoms with Crippen LogP contribution in [0, 0.1) is 0 Å². The van der Waals surface area contributed by atoms with Crippen LogP contribution in [0.2, 0.25) is 0 Å². The summed E-state index contributed by atoms with van der Waals surface area (Å²) in [4.78, 5) is 0. The van der Waals surface area contributed by atoms with E-state index >= 15 is 0 Å². The van der Waals surface area contributed by atoms with E-state index in [1.165, 1.54) is 0 Å². The van der Waals surface area contributed by atoms with Gasteiger partial charge in [0.25, 0.3) is 0 Å². The van der Waals surface area contributed by atoms with Gasteiger partial charge in [0.2, 0.25) is 0 Å². The summed E-state index contributed by atoms with van der Waals surface area (Å²) in [7, 11) is 0. The van der Waals surface area contributed by atoms with Crippen LogP contribution in [0.1, 0.15) is 26.2 Å². The van der Waals surface area contributed by atoms with Gasteiger partial charge in [-0.1, -0.05) is 5.57 Å². The average Bonchev–Trinajstić information content (AvgIpc) is 2.12. The van der Waals surface area contributed by atoms with E-state index in [2.05, 4.69) is 6.58 Å². The summed E-state index contributed by atoms with van der Waals surface area (Å²) in [5.74, 6) is 0. The first-order valence-electron chi connectivity index (χ1n) is 5.20. The van der Waals surface area contributed by atoms with Crippen molar-refractivity contribution < 1.29 is 14.6 Å². The van der Waals surface area contributed by atoms with E-state index in [1.54, 1.807) is 0 Å². The zero-order valence-electron chi connectivity index (χ0n) is 8.87. The first-order chi connectivity index (χ1) is 6.68. The van der Waals surface area contributed by atoms with Crippen LogP contribution < -0.4 is 0 Å². The van der Waals surface area contributed by atoms with Crippen LogP contribution in [0.4, 0.5) is 0 Å². The van der Waals surface area contributed by atoms with Gasteiger partial charge in [0.1, 0.15) is 0 Å². The van der Waals surface area contributed by atoms with Crippen molar-refractivity contribution in [1.82, 2.24) is 0 Å². The smallest absolute Gasteiger partial charge is 0.0833 e. The van der Waals surface area contributed by atoms with Gasteiger partial charge < -0.3 is 14.6 Å². The quantitative estimate of drug-likeness (QED) is 0.540. The molecule has 0 saturated carbocycles. The molecule has 0 radical (unpaired) electrons. The van der Waals surface area contributed by atoms with Crippen LogP contribution >= 0.6 is 0 Å². The molecule has 3 heteroatoms. The predicted octanol–water partition coefficient (Wildman–Crippen LogP) is 1.51. The van der Waals surface area contributed by atoms with Crippen LogP contribution in [-0.2, 0) is 9.47 Å². The molecule has 0 aliphatic carbocycles. The van der Waals surface area contributed by atoms with E-state index < -0.39 is 0 Å². The van der Waals surface area contributed by atoms with Gasteiger partial charge in [-0.15, -0.1) is 6.58 Å². The third-order valence-electron chi connectivity index (χ3n) is 2.32. The molecule has 0 aromatic carbocycles. The molecule has 1 saturated heterocycles. The fourth-order valence-corrected chi connectivity index (χ4v) is 1.44. The van der Waals surface area contributed by atoms with Gasteiger partial charge >= 0.3 is 0 Å². The van der Waals surface area contributed by atoms with Crippen molar-refractivity contribution in [2.45, 2.75) is 38.4 Å². The molecular formula is C11H20O3. The van der Waals surface area contributed by atoms with Crippen molar-refractivity contribution in [3.05, 3.63) is 12.2 Å². The van der Waals surface area contributed by atoms with Crippen LogP contribution in [0.3, 0.4) is 0 Å². The zero-order chi connectivity index (χ0) is 10.4. The van der Waals surface area contributed by atoms with E-state index in [1.807, 2.05) is 6.92 Å². The third-order valence-corrected chi connectivity index (χ3v) is 2.32. The Morgan fingerprint density at radius 3 is 3.07 bits per heavy atom. The molecule has 1 N–H and O–H groups in total. The number of aliphatic hydroxyl groups excluding tert-OH is 1. The lowest BCUT2D eigenvalue weighted by Crippen LogP contribution is -2.32. The molecule has 14 heavy (non-hydrogen) atoms. The number of hydrogen-bond acceptors (Lipinski definition) is 3. The summed E-state index contributed by atoms with van der Waals surface area (Å²) in [5, 5.41) is 9.37. The normalized spacial score (nSPS) is 27.6. The first-order valence-corrected chi connectivity index (χ1v) is 5.20. The Balaban J connectivity index is 2.03. The van der Waals surface area contributed by atoms with E-state index in [9.17, 15) is 5.11 Å². The van der Waals surface area contributed by atoms with Crippen molar-refractivity contribution in [3.8, 4) is 0 Å². The highest BCUT2D eigenvalue weighted by Gasteiger charge is 2.20. The van der Waals surface area contributed by atoms with Crippen molar-refractivity contribution in [3.63, 3.8) is 0 Å². The highest BCUT2D eigenvalue weighted by Crippen LogP contribution is 2.13. The molecule has 1 aliphatic rings. The zero-order valence-corrected chi connectivity index (χ0v) is 8.87. The summed E-state index contributed by atoms with van der Waals surface area (Å²) < 4.78 is 10.9. The predicted molar refractivity (Wildman–Crippen MR) is 55.2 cm³/mol. The van der Waals surface area contributed by atoms with E-state index in [4.69, 9.17) is 9.47 Å². The van der Waals surface area contributed by atoms with Gasteiger partial charge in [-0.2, -0.15) is 0 Å². The highest BCUT2D eigenvalue weighted by molar-refractivity contribution is 4.87. The molecule has 0 bridgehead atoms. The second-order valence-corrected chi connectivity index (χ2v) is 3.95. The standard InChI is InChI=1S/C11H20O3/c1-9(2)3-5-13-8-11-7-10(12)4-6-14-11/h10-12H,1,3-8H2,2H3/t10-,11+/m1/s1. The molecule has 1 aliphatic heterocycles. The average molecular weight is 200 g/mol. The van der Waals surface area contributed by atoms with Crippen molar-refractivity contribution >= 4 is 0 Å². The van der Waals surface area contributed by atoms with Crippen LogP contribution in [0.15, 0.2) is 12.2 Å². The number of ether oxygens (including phenoxy) is 2. The Morgan fingerprint density at radius 2 is 2.43 bits per heavy atom. The minimum atomic E-state index is -0.210. The summed E-state index contributed by atoms with van der Waals surface area (Å²) in [6.07, 6.45) is 2.22. The number of rotatable bonds is 5. The molecule has 1 rings (SSSR count). The highest BCUT2D eigenvalue weighted by atomic mass is 16.5. The van der Waals surface area contributed by atoms with E-state index in [0.717, 1.165) is 18.4 Å². The lowest BCUT2D eigenvalue weighted by molar-refractivity contribution is -0.0780. The molecule has 0 spiro atoms. The Kier molecular flexibility index (Phi) is 5.15. The van der Waals surface area contributed by atoms with Crippen molar-refractivity contribution in [2.24, 2.45) is 0 Å². The van der Waals surface area contributed by atoms with Gasteiger partial charge in [0.15, 0.2) is 0 Å². The van der Waals surface area contributed by atoms with E-state index in [0.29, 0.717) is 26.2 Å². The molecule has 1 heterocycles. The first kappa shape index (κ1) is 11.7. The summed E-state index contributed by atoms with van der Waals surface area (Å²) >= 11 is 0. The summed E-state index contributed by atoms with van der Waals surface area (Å²) in [6, 6.07) is 0. The molecule has 2 atom stereocenters. The minimum absolute atomic E-state index is 0.0730. The minimum Gasteiger partial charge on any atom is -0.393 e. The van der Waals surface area contributed by atoms with Crippen LogP contribution in [-0.4, -0.2) is 37.1 Å².